The second-order valence-electron chi connectivity index (χ2n) is 4.55. The topological polar surface area (TPSA) is 61.9 Å². The van der Waals surface area contributed by atoms with E-state index in [0.29, 0.717) is 0 Å². The third kappa shape index (κ3) is 3.02. The van der Waals surface area contributed by atoms with Crippen LogP contribution in [0.3, 0.4) is 0 Å². The zero-order valence-corrected chi connectivity index (χ0v) is 10.1. The van der Waals surface area contributed by atoms with Crippen molar-refractivity contribution in [3.8, 4) is 0 Å². The Morgan fingerprint density at radius 2 is 1.82 bits per heavy atom. The minimum absolute atomic E-state index is 0.0254. The predicted molar refractivity (Wildman–Crippen MR) is 61.4 cm³/mol. The van der Waals surface area contributed by atoms with Gasteiger partial charge in [0.1, 0.15) is 13.2 Å². The molecule has 2 heterocycles. The van der Waals surface area contributed by atoms with Crippen molar-refractivity contribution in [1.82, 2.24) is 15.1 Å². The molecule has 2 aliphatic heterocycles. The summed E-state index contributed by atoms with van der Waals surface area (Å²) in [5, 5.41) is 3.28. The summed E-state index contributed by atoms with van der Waals surface area (Å²) in [5.41, 5.74) is 0. The van der Waals surface area contributed by atoms with Crippen molar-refractivity contribution in [2.24, 2.45) is 0 Å². The van der Waals surface area contributed by atoms with Crippen molar-refractivity contribution < 1.29 is 14.3 Å². The van der Waals surface area contributed by atoms with Crippen LogP contribution in [0.25, 0.3) is 0 Å². The lowest BCUT2D eigenvalue weighted by atomic mass is 10.2. The molecule has 0 aliphatic carbocycles. The zero-order chi connectivity index (χ0) is 12.3. The van der Waals surface area contributed by atoms with Crippen LogP contribution in [-0.4, -0.2) is 73.6 Å². The number of hydrogen-bond acceptors (Lipinski definition) is 5. The summed E-state index contributed by atoms with van der Waals surface area (Å²) in [5.74, 6) is -0.437. The van der Waals surface area contributed by atoms with Gasteiger partial charge in [0.2, 0.25) is 0 Å². The fourth-order valence-electron chi connectivity index (χ4n) is 2.34. The second-order valence-corrected chi connectivity index (χ2v) is 4.55. The van der Waals surface area contributed by atoms with Gasteiger partial charge in [-0.3, -0.25) is 19.4 Å². The van der Waals surface area contributed by atoms with Crippen LogP contribution in [0.2, 0.25) is 0 Å². The largest absolute Gasteiger partial charge is 0.362 e. The molecule has 2 amide bonds. The Balaban J connectivity index is 1.90. The van der Waals surface area contributed by atoms with E-state index in [1.807, 2.05) is 6.92 Å². The maximum atomic E-state index is 11.6. The van der Waals surface area contributed by atoms with E-state index in [-0.39, 0.29) is 31.1 Å². The quantitative estimate of drug-likeness (QED) is 0.620. The average molecular weight is 241 g/mol. The van der Waals surface area contributed by atoms with Crippen molar-refractivity contribution in [3.05, 3.63) is 0 Å². The van der Waals surface area contributed by atoms with Crippen LogP contribution in [-0.2, 0) is 14.3 Å². The lowest BCUT2D eigenvalue weighted by Gasteiger charge is -2.35. The molecule has 0 spiro atoms. The molecule has 0 aromatic carbocycles. The van der Waals surface area contributed by atoms with E-state index >= 15 is 0 Å². The van der Waals surface area contributed by atoms with Gasteiger partial charge in [-0.1, -0.05) is 0 Å². The fraction of sp³-hybridized carbons (Fsp3) is 0.818. The maximum absolute atomic E-state index is 11.6. The van der Waals surface area contributed by atoms with Crippen molar-refractivity contribution in [1.29, 1.82) is 0 Å². The minimum Gasteiger partial charge on any atom is -0.362 e. The molecule has 1 N–H and O–H groups in total. The molecule has 0 aromatic heterocycles. The van der Waals surface area contributed by atoms with Gasteiger partial charge in [0.15, 0.2) is 0 Å². The molecule has 2 saturated heterocycles. The van der Waals surface area contributed by atoms with Crippen molar-refractivity contribution >= 4 is 11.8 Å². The summed E-state index contributed by atoms with van der Waals surface area (Å²) in [6, 6.07) is -0.0722. The van der Waals surface area contributed by atoms with Crippen molar-refractivity contribution in [2.45, 2.75) is 13.0 Å². The van der Waals surface area contributed by atoms with Crippen molar-refractivity contribution in [2.75, 3.05) is 45.9 Å². The summed E-state index contributed by atoms with van der Waals surface area (Å²) in [6.45, 7) is 6.60. The van der Waals surface area contributed by atoms with Crippen molar-refractivity contribution in [3.63, 3.8) is 0 Å². The number of ether oxygens (including phenoxy) is 1. The highest BCUT2D eigenvalue weighted by atomic mass is 16.5. The molecule has 2 fully saturated rings. The Morgan fingerprint density at radius 1 is 1.24 bits per heavy atom. The lowest BCUT2D eigenvalue weighted by molar-refractivity contribution is -0.161. The number of nitrogens with one attached hydrogen (secondary N) is 1. The first kappa shape index (κ1) is 12.5. The number of rotatable bonds is 3. The fourth-order valence-corrected chi connectivity index (χ4v) is 2.34. The number of carbonyl (C=O) groups excluding carboxylic acids is 2. The molecule has 0 aromatic rings. The molecular formula is C11H19N3O3. The van der Waals surface area contributed by atoms with Crippen LogP contribution < -0.4 is 5.32 Å². The number of morpholine rings is 1. The average Bonchev–Trinajstić information content (AvgIpc) is 2.30. The molecule has 6 heteroatoms. The van der Waals surface area contributed by atoms with Gasteiger partial charge in [0.05, 0.1) is 0 Å². The molecule has 96 valence electrons. The maximum Gasteiger partial charge on any atom is 0.255 e. The summed E-state index contributed by atoms with van der Waals surface area (Å²) in [7, 11) is 0. The number of hydrogen-bond donors (Lipinski definition) is 1. The normalized spacial score (nSPS) is 25.1. The van der Waals surface area contributed by atoms with E-state index < -0.39 is 0 Å². The van der Waals surface area contributed by atoms with Gasteiger partial charge in [-0.05, 0) is 6.92 Å². The summed E-state index contributed by atoms with van der Waals surface area (Å²) >= 11 is 0. The molecule has 2 aliphatic rings. The first-order valence-electron chi connectivity index (χ1n) is 6.04. The molecule has 17 heavy (non-hydrogen) atoms. The molecule has 0 bridgehead atoms. The van der Waals surface area contributed by atoms with Crippen LogP contribution in [0, 0.1) is 0 Å². The van der Waals surface area contributed by atoms with Gasteiger partial charge in [-0.2, -0.15) is 0 Å². The lowest BCUT2D eigenvalue weighted by Crippen LogP contribution is -2.55. The molecule has 0 radical (unpaired) electrons. The number of piperazine rings is 1. The second kappa shape index (κ2) is 5.57. The molecule has 1 atom stereocenters. The predicted octanol–water partition coefficient (Wildman–Crippen LogP) is -1.33. The highest BCUT2D eigenvalue weighted by molar-refractivity contribution is 5.98. The van der Waals surface area contributed by atoms with E-state index in [4.69, 9.17) is 4.74 Å². The number of imide groups is 1. The molecule has 6 nitrogen and oxygen atoms in total. The van der Waals surface area contributed by atoms with Crippen LogP contribution in [0.5, 0.6) is 0 Å². The van der Waals surface area contributed by atoms with E-state index in [9.17, 15) is 9.59 Å². The minimum atomic E-state index is -0.219. The summed E-state index contributed by atoms with van der Waals surface area (Å²) < 4.78 is 4.90. The molecule has 2 rings (SSSR count). The zero-order valence-electron chi connectivity index (χ0n) is 10.1. The highest BCUT2D eigenvalue weighted by Crippen LogP contribution is 2.08. The monoisotopic (exact) mass is 241 g/mol. The van der Waals surface area contributed by atoms with E-state index in [1.54, 1.807) is 0 Å². The standard InChI is InChI=1S/C11H19N3O3/c1-9(6-13-4-2-12-3-5-13)14-10(15)7-17-8-11(14)16/h9,12H,2-8H2,1H3. The van der Waals surface area contributed by atoms with Gasteiger partial charge in [-0.25, -0.2) is 0 Å². The molecule has 1 unspecified atom stereocenters. The van der Waals surface area contributed by atoms with Gasteiger partial charge in [0, 0.05) is 38.8 Å². The Kier molecular flexibility index (Phi) is 4.09. The van der Waals surface area contributed by atoms with Crippen LogP contribution >= 0.6 is 0 Å². The first-order chi connectivity index (χ1) is 8.18. The third-order valence-electron chi connectivity index (χ3n) is 3.16. The number of nitrogens with zero attached hydrogens (tertiary/aromatic N) is 2. The highest BCUT2D eigenvalue weighted by Gasteiger charge is 2.31. The first-order valence-corrected chi connectivity index (χ1v) is 6.04. The van der Waals surface area contributed by atoms with Gasteiger partial charge >= 0.3 is 0 Å². The summed E-state index contributed by atoms with van der Waals surface area (Å²) in [4.78, 5) is 26.9. The number of amides is 2. The Morgan fingerprint density at radius 3 is 2.41 bits per heavy atom. The van der Waals surface area contributed by atoms with Crippen LogP contribution in [0.1, 0.15) is 6.92 Å². The van der Waals surface area contributed by atoms with Gasteiger partial charge in [0.25, 0.3) is 11.8 Å². The SMILES string of the molecule is CC(CN1CCNCC1)N1C(=O)COCC1=O. The van der Waals surface area contributed by atoms with E-state index in [2.05, 4.69) is 10.2 Å². The Bertz CT molecular complexity index is 286. The van der Waals surface area contributed by atoms with Crippen LogP contribution in [0.4, 0.5) is 0 Å². The Labute approximate surface area is 101 Å². The molecule has 0 saturated carbocycles. The summed E-state index contributed by atoms with van der Waals surface area (Å²) in [6.07, 6.45) is 0. The van der Waals surface area contributed by atoms with E-state index in [0.717, 1.165) is 32.7 Å². The Hall–Kier alpha value is -0.980. The smallest absolute Gasteiger partial charge is 0.255 e. The number of carbonyl (C=O) groups is 2. The van der Waals surface area contributed by atoms with E-state index in [1.165, 1.54) is 4.90 Å². The molecular weight excluding hydrogens is 222 g/mol. The van der Waals surface area contributed by atoms with Gasteiger partial charge < -0.3 is 10.1 Å². The third-order valence-corrected chi connectivity index (χ3v) is 3.16. The van der Waals surface area contributed by atoms with Crippen LogP contribution in [0.15, 0.2) is 0 Å². The van der Waals surface area contributed by atoms with Gasteiger partial charge in [-0.15, -0.1) is 0 Å².